The summed E-state index contributed by atoms with van der Waals surface area (Å²) in [7, 11) is 5.25. The Bertz CT molecular complexity index is 302. The highest BCUT2D eigenvalue weighted by Crippen LogP contribution is 2.26. The van der Waals surface area contributed by atoms with Gasteiger partial charge in [-0.15, -0.1) is 12.4 Å². The van der Waals surface area contributed by atoms with E-state index in [2.05, 4.69) is 10.4 Å². The van der Waals surface area contributed by atoms with E-state index >= 15 is 0 Å². The molecule has 1 aromatic rings. The zero-order valence-electron chi connectivity index (χ0n) is 8.54. The molecule has 0 amide bonds. The Labute approximate surface area is 94.2 Å². The van der Waals surface area contributed by atoms with Gasteiger partial charge in [0.25, 0.3) is 0 Å². The zero-order chi connectivity index (χ0) is 10.1. The van der Waals surface area contributed by atoms with Gasteiger partial charge in [0.1, 0.15) is 16.2 Å². The average molecular weight is 231 g/mol. The fourth-order valence-corrected chi connectivity index (χ4v) is 1.26. The van der Waals surface area contributed by atoms with E-state index in [-0.39, 0.29) is 23.8 Å². The Hall–Kier alpha value is -0.383. The third kappa shape index (κ3) is 2.56. The molecule has 0 atom stereocenters. The summed E-state index contributed by atoms with van der Waals surface area (Å²) in [5.41, 5.74) is 0.342. The van der Waals surface area contributed by atoms with Crippen LogP contribution < -0.4 is 0 Å². The highest BCUT2D eigenvalue weighted by Gasteiger charge is 2.25. The maximum atomic E-state index is 13.4. The highest BCUT2D eigenvalue weighted by molar-refractivity contribution is 6.04. The molecular formula is C10H14ClFNSi. The standard InChI is InChI=1S/C10H13FNSi.ClH/c1-10(2,12(3)13)8-6-4-5-7-9(8)11;/h4-7H,1-3H3;1H. The smallest absolute Gasteiger partial charge is 0.144 e. The van der Waals surface area contributed by atoms with Crippen LogP contribution in [0, 0.1) is 5.82 Å². The van der Waals surface area contributed by atoms with Gasteiger partial charge in [-0.3, -0.25) is 0 Å². The van der Waals surface area contributed by atoms with Crippen molar-refractivity contribution in [2.45, 2.75) is 19.4 Å². The Morgan fingerprint density at radius 1 is 1.29 bits per heavy atom. The number of halogens is 2. The predicted molar refractivity (Wildman–Crippen MR) is 60.2 cm³/mol. The van der Waals surface area contributed by atoms with Crippen LogP contribution >= 0.6 is 12.4 Å². The summed E-state index contributed by atoms with van der Waals surface area (Å²) in [6.07, 6.45) is 0. The van der Waals surface area contributed by atoms with Crippen LogP contribution in [-0.2, 0) is 5.54 Å². The largest absolute Gasteiger partial charge is 0.321 e. The molecule has 1 aromatic carbocycles. The van der Waals surface area contributed by atoms with Crippen molar-refractivity contribution < 1.29 is 4.39 Å². The molecule has 0 bridgehead atoms. The van der Waals surface area contributed by atoms with Crippen LogP contribution in [0.15, 0.2) is 24.3 Å². The van der Waals surface area contributed by atoms with Gasteiger partial charge in [0.2, 0.25) is 0 Å². The lowest BCUT2D eigenvalue weighted by atomic mass is 9.94. The molecule has 0 fully saturated rings. The lowest BCUT2D eigenvalue weighted by Crippen LogP contribution is -2.37. The summed E-state index contributed by atoms with van der Waals surface area (Å²) in [5.74, 6) is -0.169. The first-order chi connectivity index (χ1) is 5.96. The van der Waals surface area contributed by atoms with Crippen molar-refractivity contribution in [3.63, 3.8) is 0 Å². The van der Waals surface area contributed by atoms with Crippen molar-refractivity contribution in [2.24, 2.45) is 0 Å². The molecule has 77 valence electrons. The third-order valence-corrected chi connectivity index (χ3v) is 2.93. The second-order valence-electron chi connectivity index (χ2n) is 3.60. The summed E-state index contributed by atoms with van der Waals surface area (Å²) in [5, 5.41) is 0. The predicted octanol–water partition coefficient (Wildman–Crippen LogP) is 2.50. The summed E-state index contributed by atoms with van der Waals surface area (Å²) < 4.78 is 15.2. The van der Waals surface area contributed by atoms with E-state index in [4.69, 9.17) is 0 Å². The van der Waals surface area contributed by atoms with E-state index in [0.717, 1.165) is 0 Å². The van der Waals surface area contributed by atoms with E-state index in [0.29, 0.717) is 5.56 Å². The molecule has 0 aliphatic rings. The normalized spacial score (nSPS) is 11.3. The van der Waals surface area contributed by atoms with E-state index in [1.807, 2.05) is 31.5 Å². The van der Waals surface area contributed by atoms with Crippen LogP contribution in [-0.4, -0.2) is 22.0 Å². The monoisotopic (exact) mass is 230 g/mol. The lowest BCUT2D eigenvalue weighted by molar-refractivity contribution is 0.273. The van der Waals surface area contributed by atoms with Gasteiger partial charge in [-0.25, -0.2) is 4.39 Å². The minimum absolute atomic E-state index is 0. The first-order valence-electron chi connectivity index (χ1n) is 4.16. The minimum Gasteiger partial charge on any atom is -0.321 e. The first kappa shape index (κ1) is 13.6. The van der Waals surface area contributed by atoms with Gasteiger partial charge in [-0.1, -0.05) is 18.2 Å². The molecule has 0 heterocycles. The molecule has 4 heteroatoms. The molecule has 0 N–H and O–H groups in total. The van der Waals surface area contributed by atoms with Gasteiger partial charge in [0.15, 0.2) is 0 Å². The molecule has 14 heavy (non-hydrogen) atoms. The van der Waals surface area contributed by atoms with Gasteiger partial charge in [-0.2, -0.15) is 0 Å². The molecule has 1 rings (SSSR count). The zero-order valence-corrected chi connectivity index (χ0v) is 10.4. The molecule has 0 aliphatic heterocycles. The molecule has 0 aliphatic carbocycles. The Morgan fingerprint density at radius 3 is 2.21 bits per heavy atom. The number of rotatable bonds is 2. The van der Waals surface area contributed by atoms with Crippen molar-refractivity contribution >= 4 is 22.8 Å². The van der Waals surface area contributed by atoms with E-state index in [1.165, 1.54) is 6.07 Å². The molecule has 0 spiro atoms. The third-order valence-electron chi connectivity index (χ3n) is 2.37. The quantitative estimate of drug-likeness (QED) is 0.706. The van der Waals surface area contributed by atoms with Crippen LogP contribution in [0.25, 0.3) is 0 Å². The number of benzene rings is 1. The van der Waals surface area contributed by atoms with Gasteiger partial charge in [0, 0.05) is 11.1 Å². The fraction of sp³-hybridized carbons (Fsp3) is 0.400. The van der Waals surface area contributed by atoms with Crippen LogP contribution in [0.4, 0.5) is 4.39 Å². The maximum Gasteiger partial charge on any atom is 0.144 e. The topological polar surface area (TPSA) is 3.24 Å². The molecule has 0 aromatic heterocycles. The summed E-state index contributed by atoms with van der Waals surface area (Å²) in [4.78, 5) is 0. The summed E-state index contributed by atoms with van der Waals surface area (Å²) in [6, 6.07) is 6.82. The molecular weight excluding hydrogens is 217 g/mol. The molecule has 1 nitrogen and oxygen atoms in total. The van der Waals surface area contributed by atoms with Crippen LogP contribution in [0.5, 0.6) is 0 Å². The molecule has 0 unspecified atom stereocenters. The van der Waals surface area contributed by atoms with Crippen molar-refractivity contribution in [3.8, 4) is 0 Å². The fourth-order valence-electron chi connectivity index (χ4n) is 1.14. The van der Waals surface area contributed by atoms with Crippen LogP contribution in [0.2, 0.25) is 0 Å². The number of hydrogen-bond donors (Lipinski definition) is 0. The average Bonchev–Trinajstić information content (AvgIpc) is 2.04. The van der Waals surface area contributed by atoms with Gasteiger partial charge in [0.05, 0.1) is 0 Å². The second-order valence-corrected chi connectivity index (χ2v) is 4.27. The molecule has 0 saturated heterocycles. The first-order valence-corrected chi connectivity index (χ1v) is 4.61. The van der Waals surface area contributed by atoms with Gasteiger partial charge >= 0.3 is 0 Å². The van der Waals surface area contributed by atoms with Gasteiger partial charge in [-0.05, 0) is 27.0 Å². The second kappa shape index (κ2) is 4.91. The van der Waals surface area contributed by atoms with Gasteiger partial charge < -0.3 is 4.57 Å². The van der Waals surface area contributed by atoms with E-state index < -0.39 is 0 Å². The lowest BCUT2D eigenvalue weighted by Gasteiger charge is -2.33. The van der Waals surface area contributed by atoms with E-state index in [9.17, 15) is 4.39 Å². The van der Waals surface area contributed by atoms with Crippen LogP contribution in [0.3, 0.4) is 0 Å². The van der Waals surface area contributed by atoms with Crippen molar-refractivity contribution in [2.75, 3.05) is 7.05 Å². The number of hydrogen-bond acceptors (Lipinski definition) is 1. The highest BCUT2D eigenvalue weighted by atomic mass is 35.5. The van der Waals surface area contributed by atoms with E-state index in [1.54, 1.807) is 12.1 Å². The summed E-state index contributed by atoms with van der Waals surface area (Å²) in [6.45, 7) is 3.91. The summed E-state index contributed by atoms with van der Waals surface area (Å²) >= 11 is 0. The van der Waals surface area contributed by atoms with Crippen molar-refractivity contribution in [1.82, 2.24) is 4.57 Å². The van der Waals surface area contributed by atoms with Crippen molar-refractivity contribution in [1.29, 1.82) is 0 Å². The maximum absolute atomic E-state index is 13.4. The number of nitrogens with zero attached hydrogens (tertiary/aromatic N) is 1. The minimum atomic E-state index is -0.345. The Balaban J connectivity index is 0.00000169. The van der Waals surface area contributed by atoms with Crippen molar-refractivity contribution in [3.05, 3.63) is 35.6 Å². The van der Waals surface area contributed by atoms with Crippen LogP contribution in [0.1, 0.15) is 19.4 Å². The molecule has 3 radical (unpaired) electrons. The molecule has 0 saturated carbocycles. The SMILES string of the molecule is CN([Si])C(C)(C)c1ccccc1F.Cl. The Kier molecular flexibility index (Phi) is 4.78. The Morgan fingerprint density at radius 2 is 1.79 bits per heavy atom.